The van der Waals surface area contributed by atoms with Crippen LogP contribution in [-0.2, 0) is 4.79 Å². The minimum atomic E-state index is -0.236. The summed E-state index contributed by atoms with van der Waals surface area (Å²) in [5, 5.41) is 8.68. The van der Waals surface area contributed by atoms with Crippen molar-refractivity contribution in [2.45, 2.75) is 13.8 Å². The highest BCUT2D eigenvalue weighted by Crippen LogP contribution is 2.34. The van der Waals surface area contributed by atoms with Crippen molar-refractivity contribution in [2.75, 3.05) is 5.32 Å². The number of rotatable bonds is 4. The van der Waals surface area contributed by atoms with E-state index in [1.165, 1.54) is 17.4 Å². The first-order chi connectivity index (χ1) is 13.5. The topological polar surface area (TPSA) is 59.8 Å². The van der Waals surface area contributed by atoms with Crippen LogP contribution in [0.15, 0.2) is 54.6 Å². The molecule has 0 aliphatic carbocycles. The Hall–Kier alpha value is -2.96. The first kappa shape index (κ1) is 18.4. The molecule has 0 saturated heterocycles. The molecular formula is C21H17ClN4OS. The van der Waals surface area contributed by atoms with Crippen LogP contribution in [0.4, 0.5) is 5.82 Å². The Morgan fingerprint density at radius 2 is 1.96 bits per heavy atom. The normalized spacial score (nSPS) is 11.4. The van der Waals surface area contributed by atoms with E-state index in [4.69, 9.17) is 11.6 Å². The van der Waals surface area contributed by atoms with Crippen molar-refractivity contribution in [3.63, 3.8) is 0 Å². The smallest absolute Gasteiger partial charge is 0.249 e. The van der Waals surface area contributed by atoms with Crippen molar-refractivity contribution >= 4 is 51.0 Å². The lowest BCUT2D eigenvalue weighted by molar-refractivity contribution is -0.111. The average Bonchev–Trinajstić information content (AvgIpc) is 3.28. The van der Waals surface area contributed by atoms with Crippen LogP contribution in [0.25, 0.3) is 21.4 Å². The fourth-order valence-corrected chi connectivity index (χ4v) is 4.10. The molecule has 0 radical (unpaired) electrons. The van der Waals surface area contributed by atoms with Crippen LogP contribution in [-0.4, -0.2) is 20.7 Å². The summed E-state index contributed by atoms with van der Waals surface area (Å²) in [6.07, 6.45) is 3.27. The molecule has 2 heterocycles. The molecule has 4 rings (SSSR count). The monoisotopic (exact) mass is 408 g/mol. The fourth-order valence-electron chi connectivity index (χ4n) is 2.82. The lowest BCUT2D eigenvalue weighted by Gasteiger charge is -2.04. The van der Waals surface area contributed by atoms with Gasteiger partial charge in [0.15, 0.2) is 0 Å². The number of carbonyl (C=O) groups is 1. The Bertz CT molecular complexity index is 1160. The van der Waals surface area contributed by atoms with Crippen LogP contribution in [0.1, 0.15) is 16.8 Å². The molecule has 2 aromatic heterocycles. The zero-order chi connectivity index (χ0) is 19.7. The first-order valence-corrected chi connectivity index (χ1v) is 9.87. The SMILES string of the molecule is Cc1cc(NC(=O)/C=C/c2ccccc2)n(-c2nc3c(C)ccc(Cl)c3s2)n1. The zero-order valence-electron chi connectivity index (χ0n) is 15.3. The molecular weight excluding hydrogens is 392 g/mol. The van der Waals surface area contributed by atoms with Crippen LogP contribution in [0, 0.1) is 13.8 Å². The molecule has 4 aromatic rings. The van der Waals surface area contributed by atoms with Gasteiger partial charge < -0.3 is 5.32 Å². The maximum atomic E-state index is 12.4. The Morgan fingerprint density at radius 1 is 1.18 bits per heavy atom. The van der Waals surface area contributed by atoms with Crippen LogP contribution >= 0.6 is 22.9 Å². The molecule has 5 nitrogen and oxygen atoms in total. The Balaban J connectivity index is 1.64. The number of nitrogens with zero attached hydrogens (tertiary/aromatic N) is 3. The van der Waals surface area contributed by atoms with E-state index in [2.05, 4.69) is 15.4 Å². The molecule has 0 saturated carbocycles. The number of anilines is 1. The average molecular weight is 409 g/mol. The van der Waals surface area contributed by atoms with Crippen molar-refractivity contribution < 1.29 is 4.79 Å². The predicted molar refractivity (Wildman–Crippen MR) is 115 cm³/mol. The minimum absolute atomic E-state index is 0.236. The third-order valence-electron chi connectivity index (χ3n) is 4.18. The molecule has 2 aromatic carbocycles. The lowest BCUT2D eigenvalue weighted by Crippen LogP contribution is -2.12. The summed E-state index contributed by atoms with van der Waals surface area (Å²) in [6.45, 7) is 3.87. The largest absolute Gasteiger partial charge is 0.307 e. The molecule has 0 fully saturated rings. The molecule has 0 aliphatic heterocycles. The Morgan fingerprint density at radius 3 is 2.71 bits per heavy atom. The van der Waals surface area contributed by atoms with Gasteiger partial charge in [0.05, 0.1) is 20.9 Å². The Kier molecular flexibility index (Phi) is 4.98. The summed E-state index contributed by atoms with van der Waals surface area (Å²) in [5.74, 6) is 0.327. The number of nitrogens with one attached hydrogen (secondary N) is 1. The fraction of sp³-hybridized carbons (Fsp3) is 0.0952. The molecule has 0 bridgehead atoms. The van der Waals surface area contributed by atoms with E-state index in [1.54, 1.807) is 10.8 Å². The highest BCUT2D eigenvalue weighted by Gasteiger charge is 2.16. The minimum Gasteiger partial charge on any atom is -0.307 e. The summed E-state index contributed by atoms with van der Waals surface area (Å²) in [7, 11) is 0. The van der Waals surface area contributed by atoms with Gasteiger partial charge in [-0.2, -0.15) is 9.78 Å². The van der Waals surface area contributed by atoms with E-state index in [-0.39, 0.29) is 5.91 Å². The molecule has 28 heavy (non-hydrogen) atoms. The van der Waals surface area contributed by atoms with Crippen molar-refractivity contribution in [2.24, 2.45) is 0 Å². The number of hydrogen-bond donors (Lipinski definition) is 1. The number of carbonyl (C=O) groups excluding carboxylic acids is 1. The van der Waals surface area contributed by atoms with Gasteiger partial charge in [0, 0.05) is 12.1 Å². The van der Waals surface area contributed by atoms with Gasteiger partial charge in [-0.15, -0.1) is 0 Å². The van der Waals surface area contributed by atoms with Crippen LogP contribution < -0.4 is 5.32 Å². The molecule has 0 unspecified atom stereocenters. The van der Waals surface area contributed by atoms with Gasteiger partial charge in [-0.05, 0) is 37.1 Å². The molecule has 0 aliphatic rings. The second-order valence-electron chi connectivity index (χ2n) is 6.35. The van der Waals surface area contributed by atoms with Crippen LogP contribution in [0.5, 0.6) is 0 Å². The van der Waals surface area contributed by atoms with Gasteiger partial charge in [-0.1, -0.05) is 59.3 Å². The van der Waals surface area contributed by atoms with Gasteiger partial charge in [0.1, 0.15) is 5.82 Å². The third kappa shape index (κ3) is 3.69. The van der Waals surface area contributed by atoms with Crippen molar-refractivity contribution in [3.05, 3.63) is 76.5 Å². The quantitative estimate of drug-likeness (QED) is 0.459. The third-order valence-corrected chi connectivity index (χ3v) is 5.67. The number of halogens is 1. The van der Waals surface area contributed by atoms with E-state index < -0.39 is 0 Å². The van der Waals surface area contributed by atoms with E-state index in [0.29, 0.717) is 16.0 Å². The Labute approximate surface area is 171 Å². The number of aryl methyl sites for hydroxylation is 2. The number of amides is 1. The summed E-state index contributed by atoms with van der Waals surface area (Å²) < 4.78 is 2.55. The number of benzene rings is 2. The lowest BCUT2D eigenvalue weighted by atomic mass is 10.2. The van der Waals surface area contributed by atoms with E-state index >= 15 is 0 Å². The maximum Gasteiger partial charge on any atom is 0.249 e. The second-order valence-corrected chi connectivity index (χ2v) is 7.74. The van der Waals surface area contributed by atoms with Crippen LogP contribution in [0.2, 0.25) is 5.02 Å². The summed E-state index contributed by atoms with van der Waals surface area (Å²) >= 11 is 7.76. The van der Waals surface area contributed by atoms with Crippen LogP contribution in [0.3, 0.4) is 0 Å². The first-order valence-electron chi connectivity index (χ1n) is 8.68. The molecule has 0 spiro atoms. The zero-order valence-corrected chi connectivity index (χ0v) is 16.9. The van der Waals surface area contributed by atoms with Gasteiger partial charge in [-0.25, -0.2) is 4.98 Å². The predicted octanol–water partition coefficient (Wildman–Crippen LogP) is 5.40. The molecule has 0 atom stereocenters. The van der Waals surface area contributed by atoms with Gasteiger partial charge in [-0.3, -0.25) is 4.79 Å². The molecule has 1 N–H and O–H groups in total. The van der Waals surface area contributed by atoms with E-state index in [9.17, 15) is 4.79 Å². The van der Waals surface area contributed by atoms with E-state index in [0.717, 1.165) is 27.0 Å². The van der Waals surface area contributed by atoms with Gasteiger partial charge in [0.2, 0.25) is 11.0 Å². The van der Waals surface area contributed by atoms with Crippen molar-refractivity contribution in [3.8, 4) is 5.13 Å². The molecule has 1 amide bonds. The number of aromatic nitrogens is 3. The molecule has 140 valence electrons. The number of thiazole rings is 1. The number of fused-ring (bicyclic) bond motifs is 1. The highest BCUT2D eigenvalue weighted by molar-refractivity contribution is 7.21. The summed E-state index contributed by atoms with van der Waals surface area (Å²) in [5.41, 5.74) is 3.63. The standard InChI is InChI=1S/C21H17ClN4OS/c1-13-8-10-16(22)20-19(13)24-21(28-20)26-17(12-14(2)25-26)23-18(27)11-9-15-6-4-3-5-7-15/h3-12H,1-2H3,(H,23,27)/b11-9+. The molecule has 7 heteroatoms. The summed E-state index contributed by atoms with van der Waals surface area (Å²) in [4.78, 5) is 17.1. The van der Waals surface area contributed by atoms with Crippen molar-refractivity contribution in [1.29, 1.82) is 0 Å². The maximum absolute atomic E-state index is 12.4. The van der Waals surface area contributed by atoms with Gasteiger partial charge >= 0.3 is 0 Å². The second kappa shape index (κ2) is 7.58. The van der Waals surface area contributed by atoms with Crippen molar-refractivity contribution in [1.82, 2.24) is 14.8 Å². The highest BCUT2D eigenvalue weighted by atomic mass is 35.5. The van der Waals surface area contributed by atoms with Gasteiger partial charge in [0.25, 0.3) is 0 Å². The summed E-state index contributed by atoms with van der Waals surface area (Å²) in [6, 6.07) is 15.3. The number of hydrogen-bond acceptors (Lipinski definition) is 4. The van der Waals surface area contributed by atoms with E-state index in [1.807, 2.05) is 62.4 Å².